The number of esters is 1. The van der Waals surface area contributed by atoms with Gasteiger partial charge in [0.1, 0.15) is 11.6 Å². The van der Waals surface area contributed by atoms with E-state index in [1.54, 1.807) is 0 Å². The highest BCUT2D eigenvalue weighted by molar-refractivity contribution is 6.32. The lowest BCUT2D eigenvalue weighted by Crippen LogP contribution is -2.38. The number of nitrogens with zero attached hydrogens (tertiary/aromatic N) is 2. The molecule has 0 saturated carbocycles. The molecular formula is C15H16ClFN2O4. The molecule has 0 aliphatic heterocycles. The Bertz CT molecular complexity index is 618. The lowest BCUT2D eigenvalue weighted by molar-refractivity contribution is -0.160. The molecule has 0 aliphatic carbocycles. The molecule has 1 atom stereocenters. The number of nitriles is 1. The van der Waals surface area contributed by atoms with Gasteiger partial charge in [0.2, 0.25) is 0 Å². The highest BCUT2D eigenvalue weighted by Crippen LogP contribution is 2.24. The van der Waals surface area contributed by atoms with E-state index in [-0.39, 0.29) is 23.7 Å². The molecule has 0 aliphatic rings. The number of rotatable bonds is 7. The number of hydrogen-bond donors (Lipinski definition) is 0. The zero-order chi connectivity index (χ0) is 17.4. The predicted octanol–water partition coefficient (Wildman–Crippen LogP) is 2.16. The van der Waals surface area contributed by atoms with Gasteiger partial charge in [-0.3, -0.25) is 4.79 Å². The Morgan fingerprint density at radius 1 is 1.48 bits per heavy atom. The van der Waals surface area contributed by atoms with Crippen molar-refractivity contribution >= 4 is 23.5 Å². The molecule has 124 valence electrons. The van der Waals surface area contributed by atoms with Crippen LogP contribution in [0, 0.1) is 17.1 Å². The van der Waals surface area contributed by atoms with E-state index in [1.807, 2.05) is 6.07 Å². The fourth-order valence-electron chi connectivity index (χ4n) is 1.65. The van der Waals surface area contributed by atoms with Crippen LogP contribution in [-0.2, 0) is 14.3 Å². The molecule has 1 aromatic rings. The van der Waals surface area contributed by atoms with Crippen LogP contribution in [-0.4, -0.2) is 43.1 Å². The molecule has 1 amide bonds. The Morgan fingerprint density at radius 3 is 2.78 bits per heavy atom. The molecule has 6 nitrogen and oxygen atoms in total. The first-order valence-corrected chi connectivity index (χ1v) is 7.12. The van der Waals surface area contributed by atoms with Crippen molar-refractivity contribution in [1.29, 1.82) is 5.26 Å². The number of likely N-dealkylation sites (N-methyl/N-ethyl adjacent to an activating group) is 1. The summed E-state index contributed by atoms with van der Waals surface area (Å²) in [5.41, 5.74) is 0. The second-order valence-electron chi connectivity index (χ2n) is 4.66. The second-order valence-corrected chi connectivity index (χ2v) is 5.07. The van der Waals surface area contributed by atoms with Gasteiger partial charge in [-0.05, 0) is 25.1 Å². The third kappa shape index (κ3) is 6.12. The van der Waals surface area contributed by atoms with Gasteiger partial charge in [0.25, 0.3) is 5.91 Å². The summed E-state index contributed by atoms with van der Waals surface area (Å²) in [5.74, 6) is -1.58. The van der Waals surface area contributed by atoms with Gasteiger partial charge in [-0.2, -0.15) is 5.26 Å². The van der Waals surface area contributed by atoms with Crippen LogP contribution in [0.15, 0.2) is 18.2 Å². The van der Waals surface area contributed by atoms with Crippen LogP contribution >= 0.6 is 11.6 Å². The molecule has 0 spiro atoms. The topological polar surface area (TPSA) is 79.6 Å². The number of carbonyl (C=O) groups excluding carboxylic acids is 2. The molecule has 0 aromatic heterocycles. The number of benzene rings is 1. The van der Waals surface area contributed by atoms with E-state index in [9.17, 15) is 14.0 Å². The van der Waals surface area contributed by atoms with Gasteiger partial charge in [-0.25, -0.2) is 9.18 Å². The minimum atomic E-state index is -1.00. The Kier molecular flexibility index (Phi) is 7.29. The number of halogens is 2. The molecule has 0 N–H and O–H groups in total. The van der Waals surface area contributed by atoms with Crippen molar-refractivity contribution in [3.8, 4) is 11.8 Å². The summed E-state index contributed by atoms with van der Waals surface area (Å²) in [4.78, 5) is 24.8. The Morgan fingerprint density at radius 2 is 2.17 bits per heavy atom. The summed E-state index contributed by atoms with van der Waals surface area (Å²) in [6.45, 7) is 1.21. The summed E-state index contributed by atoms with van der Waals surface area (Å²) < 4.78 is 22.9. The van der Waals surface area contributed by atoms with Gasteiger partial charge in [0.05, 0.1) is 17.5 Å². The molecule has 1 rings (SSSR count). The van der Waals surface area contributed by atoms with Gasteiger partial charge in [0.15, 0.2) is 12.7 Å². The van der Waals surface area contributed by atoms with Crippen LogP contribution in [0.3, 0.4) is 0 Å². The summed E-state index contributed by atoms with van der Waals surface area (Å²) >= 11 is 5.75. The first-order chi connectivity index (χ1) is 10.8. The summed E-state index contributed by atoms with van der Waals surface area (Å²) in [5, 5.41) is 8.50. The largest absolute Gasteiger partial charge is 0.480 e. The zero-order valence-electron chi connectivity index (χ0n) is 12.7. The van der Waals surface area contributed by atoms with Crippen molar-refractivity contribution in [2.75, 3.05) is 20.2 Å². The first-order valence-electron chi connectivity index (χ1n) is 6.74. The minimum absolute atomic E-state index is 0.0261. The predicted molar refractivity (Wildman–Crippen MR) is 80.3 cm³/mol. The van der Waals surface area contributed by atoms with Crippen molar-refractivity contribution in [1.82, 2.24) is 4.90 Å². The van der Waals surface area contributed by atoms with Crippen molar-refractivity contribution < 1.29 is 23.5 Å². The van der Waals surface area contributed by atoms with Crippen LogP contribution in [0.5, 0.6) is 5.75 Å². The number of carbonyl (C=O) groups is 2. The van der Waals surface area contributed by atoms with Crippen LogP contribution in [0.2, 0.25) is 5.02 Å². The summed E-state index contributed by atoms with van der Waals surface area (Å²) in [6, 6.07) is 5.40. The van der Waals surface area contributed by atoms with E-state index in [1.165, 1.54) is 24.9 Å². The van der Waals surface area contributed by atoms with Crippen molar-refractivity contribution in [2.24, 2.45) is 0 Å². The van der Waals surface area contributed by atoms with Crippen LogP contribution in [0.1, 0.15) is 13.3 Å². The molecular weight excluding hydrogens is 327 g/mol. The molecule has 23 heavy (non-hydrogen) atoms. The Balaban J connectivity index is 2.46. The highest BCUT2D eigenvalue weighted by atomic mass is 35.5. The average Bonchev–Trinajstić information content (AvgIpc) is 2.50. The van der Waals surface area contributed by atoms with Gasteiger partial charge < -0.3 is 14.4 Å². The molecule has 0 fully saturated rings. The zero-order valence-corrected chi connectivity index (χ0v) is 13.5. The van der Waals surface area contributed by atoms with E-state index in [4.69, 9.17) is 26.3 Å². The molecule has 0 heterocycles. The van der Waals surface area contributed by atoms with E-state index >= 15 is 0 Å². The average molecular weight is 343 g/mol. The van der Waals surface area contributed by atoms with Crippen molar-refractivity contribution in [3.63, 3.8) is 0 Å². The monoisotopic (exact) mass is 342 g/mol. The van der Waals surface area contributed by atoms with Gasteiger partial charge in [-0.1, -0.05) is 11.6 Å². The maximum Gasteiger partial charge on any atom is 0.344 e. The number of amides is 1. The van der Waals surface area contributed by atoms with E-state index in [2.05, 4.69) is 0 Å². The number of hydrogen-bond acceptors (Lipinski definition) is 5. The number of ether oxygens (including phenoxy) is 2. The van der Waals surface area contributed by atoms with Gasteiger partial charge >= 0.3 is 5.97 Å². The molecule has 0 bridgehead atoms. The Labute approximate surface area is 138 Å². The molecule has 8 heteroatoms. The van der Waals surface area contributed by atoms with Crippen LogP contribution < -0.4 is 4.74 Å². The Hall–Kier alpha value is -2.33. The molecule has 0 radical (unpaired) electrons. The van der Waals surface area contributed by atoms with Gasteiger partial charge in [-0.15, -0.1) is 0 Å². The fraction of sp³-hybridized carbons (Fsp3) is 0.400. The van der Waals surface area contributed by atoms with Crippen molar-refractivity contribution in [3.05, 3.63) is 29.0 Å². The maximum atomic E-state index is 12.9. The quantitative estimate of drug-likeness (QED) is 0.709. The smallest absolute Gasteiger partial charge is 0.344 e. The summed E-state index contributed by atoms with van der Waals surface area (Å²) in [6.07, 6.45) is -0.812. The highest BCUT2D eigenvalue weighted by Gasteiger charge is 2.21. The van der Waals surface area contributed by atoms with Crippen LogP contribution in [0.4, 0.5) is 4.39 Å². The minimum Gasteiger partial charge on any atom is -0.480 e. The first kappa shape index (κ1) is 18.7. The van der Waals surface area contributed by atoms with E-state index in [0.29, 0.717) is 0 Å². The maximum absolute atomic E-state index is 12.9. The summed E-state index contributed by atoms with van der Waals surface area (Å²) in [7, 11) is 1.51. The van der Waals surface area contributed by atoms with E-state index < -0.39 is 30.4 Å². The van der Waals surface area contributed by atoms with Crippen molar-refractivity contribution in [2.45, 2.75) is 19.4 Å². The second kappa shape index (κ2) is 8.96. The lowest BCUT2D eigenvalue weighted by atomic mass is 10.3. The van der Waals surface area contributed by atoms with E-state index in [0.717, 1.165) is 12.1 Å². The third-order valence-corrected chi connectivity index (χ3v) is 3.13. The fourth-order valence-corrected chi connectivity index (χ4v) is 1.87. The normalized spacial score (nSPS) is 11.3. The SMILES string of the molecule is C[C@H](OC(=O)COc1ccc(F)cc1Cl)C(=O)N(C)CCC#N. The third-order valence-electron chi connectivity index (χ3n) is 2.83. The molecule has 0 saturated heterocycles. The molecule has 0 unspecified atom stereocenters. The van der Waals surface area contributed by atoms with Crippen LogP contribution in [0.25, 0.3) is 0 Å². The lowest BCUT2D eigenvalue weighted by Gasteiger charge is -2.20. The standard InChI is InChI=1S/C15H16ClFN2O4/c1-10(15(21)19(2)7-3-6-18)23-14(20)9-22-13-5-4-11(17)8-12(13)16/h4-5,8,10H,3,7,9H2,1-2H3/t10-/m0/s1. The van der Waals surface area contributed by atoms with Gasteiger partial charge in [0, 0.05) is 13.6 Å². The molecule has 1 aromatic carbocycles.